The topological polar surface area (TPSA) is 51.5 Å². The molecule has 1 N–H and O–H groups in total. The van der Waals surface area contributed by atoms with Crippen molar-refractivity contribution in [3.63, 3.8) is 0 Å². The first-order valence-electron chi connectivity index (χ1n) is 10.1. The number of hydrogen-bond acceptors (Lipinski definition) is 4. The number of imidazole rings is 1. The molecule has 1 saturated heterocycles. The van der Waals surface area contributed by atoms with E-state index < -0.39 is 12.3 Å². The normalized spacial score (nSPS) is 19.7. The Bertz CT molecular complexity index is 1170. The number of aryl methyl sites for hydroxylation is 1. The van der Waals surface area contributed by atoms with Crippen LogP contribution >= 0.6 is 0 Å². The quantitative estimate of drug-likeness (QED) is 0.568. The second kappa shape index (κ2) is 7.44. The maximum Gasteiger partial charge on any atom is 0.149 e. The van der Waals surface area contributed by atoms with Crippen molar-refractivity contribution in [1.29, 1.82) is 0 Å². The van der Waals surface area contributed by atoms with Gasteiger partial charge in [0, 0.05) is 18.1 Å². The lowest BCUT2D eigenvalue weighted by Crippen LogP contribution is -2.44. The van der Waals surface area contributed by atoms with E-state index in [2.05, 4.69) is 29.4 Å². The first kappa shape index (κ1) is 18.1. The largest absolute Gasteiger partial charge is 0.485 e. The number of fused-ring (bicyclic) bond motifs is 2. The molecule has 4 aromatic rings. The summed E-state index contributed by atoms with van der Waals surface area (Å²) in [5.41, 5.74) is 4.63. The van der Waals surface area contributed by atoms with Crippen molar-refractivity contribution in [2.75, 3.05) is 13.1 Å². The number of aromatic nitrogens is 3. The number of piperidine rings is 1. The molecule has 0 unspecified atom stereocenters. The number of para-hydroxylation sites is 1. The van der Waals surface area contributed by atoms with E-state index in [0.29, 0.717) is 18.7 Å². The lowest BCUT2D eigenvalue weighted by atomic mass is 10.1. The Labute approximate surface area is 168 Å². The molecular formula is C23H23FN4O. The van der Waals surface area contributed by atoms with E-state index >= 15 is 0 Å². The second-order valence-corrected chi connectivity index (χ2v) is 7.45. The van der Waals surface area contributed by atoms with E-state index in [-0.39, 0.29) is 0 Å². The Morgan fingerprint density at radius 3 is 3.03 bits per heavy atom. The van der Waals surface area contributed by atoms with Crippen LogP contribution in [0.5, 0.6) is 5.75 Å². The highest BCUT2D eigenvalue weighted by molar-refractivity contribution is 5.86. The van der Waals surface area contributed by atoms with Gasteiger partial charge >= 0.3 is 0 Å². The molecule has 5 nitrogen and oxygen atoms in total. The Balaban J connectivity index is 1.56. The number of pyridine rings is 2. The highest BCUT2D eigenvalue weighted by Crippen LogP contribution is 2.30. The fourth-order valence-electron chi connectivity index (χ4n) is 3.88. The van der Waals surface area contributed by atoms with Gasteiger partial charge in [-0.25, -0.2) is 14.4 Å². The maximum absolute atomic E-state index is 14.3. The van der Waals surface area contributed by atoms with Crippen LogP contribution in [-0.2, 0) is 6.42 Å². The third-order valence-electron chi connectivity index (χ3n) is 5.56. The molecule has 0 aliphatic carbocycles. The van der Waals surface area contributed by atoms with Crippen LogP contribution in [0.1, 0.15) is 18.9 Å². The highest BCUT2D eigenvalue weighted by atomic mass is 19.1. The summed E-state index contributed by atoms with van der Waals surface area (Å²) >= 11 is 0. The van der Waals surface area contributed by atoms with Gasteiger partial charge in [0.1, 0.15) is 29.2 Å². The molecule has 148 valence electrons. The number of rotatable bonds is 4. The zero-order valence-corrected chi connectivity index (χ0v) is 16.3. The average Bonchev–Trinajstić information content (AvgIpc) is 3.18. The fraction of sp³-hybridized carbons (Fsp3) is 0.304. The number of nitrogens with one attached hydrogen (secondary N) is 1. The Kier molecular flexibility index (Phi) is 4.64. The zero-order chi connectivity index (χ0) is 19.8. The van der Waals surface area contributed by atoms with E-state index in [9.17, 15) is 4.39 Å². The molecule has 4 heterocycles. The second-order valence-electron chi connectivity index (χ2n) is 7.45. The van der Waals surface area contributed by atoms with Crippen LogP contribution in [0.3, 0.4) is 0 Å². The predicted molar refractivity (Wildman–Crippen MR) is 112 cm³/mol. The van der Waals surface area contributed by atoms with Gasteiger partial charge in [-0.15, -0.1) is 0 Å². The molecule has 1 aliphatic rings. The van der Waals surface area contributed by atoms with Crippen LogP contribution in [-0.4, -0.2) is 39.7 Å². The van der Waals surface area contributed by atoms with Crippen molar-refractivity contribution in [3.8, 4) is 17.1 Å². The predicted octanol–water partition coefficient (Wildman–Crippen LogP) is 4.19. The van der Waals surface area contributed by atoms with Crippen molar-refractivity contribution < 1.29 is 9.13 Å². The van der Waals surface area contributed by atoms with Gasteiger partial charge in [0.05, 0.1) is 17.6 Å². The lowest BCUT2D eigenvalue weighted by molar-refractivity contribution is 0.0743. The molecule has 5 rings (SSSR count). The van der Waals surface area contributed by atoms with E-state index in [1.165, 1.54) is 5.56 Å². The summed E-state index contributed by atoms with van der Waals surface area (Å²) in [5, 5.41) is 4.03. The summed E-state index contributed by atoms with van der Waals surface area (Å²) in [6.45, 7) is 3.22. The number of benzene rings is 1. The zero-order valence-electron chi connectivity index (χ0n) is 16.3. The van der Waals surface area contributed by atoms with Gasteiger partial charge in [0.2, 0.25) is 0 Å². The maximum atomic E-state index is 14.3. The number of alkyl halides is 1. The summed E-state index contributed by atoms with van der Waals surface area (Å²) in [7, 11) is 0. The molecular weight excluding hydrogens is 367 g/mol. The average molecular weight is 390 g/mol. The van der Waals surface area contributed by atoms with E-state index in [1.807, 2.05) is 47.1 Å². The van der Waals surface area contributed by atoms with Crippen molar-refractivity contribution in [2.45, 2.75) is 32.0 Å². The molecule has 0 amide bonds. The highest BCUT2D eigenvalue weighted by Gasteiger charge is 2.27. The van der Waals surface area contributed by atoms with Crippen LogP contribution in [0.15, 0.2) is 54.9 Å². The van der Waals surface area contributed by atoms with Crippen LogP contribution < -0.4 is 10.1 Å². The summed E-state index contributed by atoms with van der Waals surface area (Å²) in [4.78, 5) is 9.42. The minimum absolute atomic E-state index is 0.329. The standard InChI is InChI=1S/C23H23FN4O/c1-2-15-9-11-28-19(14-26-22(28)12-15)18-7-6-16-4-3-5-21(23(16)27-18)29-20-8-10-25-13-17(20)24/h3-7,9,11-12,14,17,20,25H,2,8,10,13H2,1H3/t17-,20-/m1/s1. The van der Waals surface area contributed by atoms with Crippen LogP contribution in [0.4, 0.5) is 4.39 Å². The molecule has 0 saturated carbocycles. The summed E-state index contributed by atoms with van der Waals surface area (Å²) in [6.07, 6.45) is 4.03. The summed E-state index contributed by atoms with van der Waals surface area (Å²) in [5.74, 6) is 0.626. The number of halogens is 1. The van der Waals surface area contributed by atoms with Crippen molar-refractivity contribution in [1.82, 2.24) is 19.7 Å². The van der Waals surface area contributed by atoms with Crippen LogP contribution in [0, 0.1) is 0 Å². The van der Waals surface area contributed by atoms with Gasteiger partial charge in [-0.1, -0.05) is 25.1 Å². The SMILES string of the molecule is CCc1ccn2c(-c3ccc4cccc(O[C@@H]5CCNC[C@H]5F)c4n3)cnc2c1. The van der Waals surface area contributed by atoms with Gasteiger partial charge in [-0.3, -0.25) is 4.40 Å². The van der Waals surface area contributed by atoms with E-state index in [4.69, 9.17) is 9.72 Å². The van der Waals surface area contributed by atoms with Crippen LogP contribution in [0.2, 0.25) is 0 Å². The van der Waals surface area contributed by atoms with Gasteiger partial charge in [0.25, 0.3) is 0 Å². The third-order valence-corrected chi connectivity index (χ3v) is 5.56. The molecule has 2 atom stereocenters. The third kappa shape index (κ3) is 3.34. The molecule has 0 radical (unpaired) electrons. The molecule has 0 bridgehead atoms. The van der Waals surface area contributed by atoms with Gasteiger partial charge < -0.3 is 10.1 Å². The first-order valence-corrected chi connectivity index (χ1v) is 10.1. The fourth-order valence-corrected chi connectivity index (χ4v) is 3.88. The summed E-state index contributed by atoms with van der Waals surface area (Å²) in [6, 6.07) is 14.0. The minimum atomic E-state index is -1.02. The molecule has 0 spiro atoms. The van der Waals surface area contributed by atoms with Gasteiger partial charge in [-0.2, -0.15) is 0 Å². The molecule has 1 fully saturated rings. The van der Waals surface area contributed by atoms with Gasteiger partial charge in [-0.05, 0) is 49.2 Å². The van der Waals surface area contributed by atoms with Crippen molar-refractivity contribution >= 4 is 16.6 Å². The molecule has 1 aliphatic heterocycles. The number of nitrogens with zero attached hydrogens (tertiary/aromatic N) is 3. The smallest absolute Gasteiger partial charge is 0.149 e. The minimum Gasteiger partial charge on any atom is -0.485 e. The van der Waals surface area contributed by atoms with E-state index in [1.54, 1.807) is 0 Å². The molecule has 29 heavy (non-hydrogen) atoms. The lowest BCUT2D eigenvalue weighted by Gasteiger charge is -2.27. The van der Waals surface area contributed by atoms with Crippen LogP contribution in [0.25, 0.3) is 27.9 Å². The monoisotopic (exact) mass is 390 g/mol. The van der Waals surface area contributed by atoms with Gasteiger partial charge in [0.15, 0.2) is 0 Å². The van der Waals surface area contributed by atoms with Crippen molar-refractivity contribution in [3.05, 3.63) is 60.4 Å². The van der Waals surface area contributed by atoms with E-state index in [0.717, 1.165) is 40.9 Å². The number of ether oxygens (including phenoxy) is 1. The Morgan fingerprint density at radius 2 is 2.17 bits per heavy atom. The summed E-state index contributed by atoms with van der Waals surface area (Å²) < 4.78 is 22.4. The first-order chi connectivity index (χ1) is 14.2. The van der Waals surface area contributed by atoms with Crippen molar-refractivity contribution in [2.24, 2.45) is 0 Å². The molecule has 1 aromatic carbocycles. The molecule has 3 aromatic heterocycles. The Hall–Kier alpha value is -2.99. The molecule has 6 heteroatoms. The number of hydrogen-bond donors (Lipinski definition) is 1. The Morgan fingerprint density at radius 1 is 1.24 bits per heavy atom.